The Labute approximate surface area is 187 Å². The molecule has 0 saturated carbocycles. The Morgan fingerprint density at radius 1 is 0.875 bits per heavy atom. The third-order valence-corrected chi connectivity index (χ3v) is 4.71. The predicted octanol–water partition coefficient (Wildman–Crippen LogP) is -0.458. The van der Waals surface area contributed by atoms with Gasteiger partial charge in [0, 0.05) is 6.42 Å². The van der Waals surface area contributed by atoms with Gasteiger partial charge in [-0.25, -0.2) is 4.79 Å². The minimum atomic E-state index is -1.41. The number of aliphatic carboxylic acids is 1. The number of amides is 3. The van der Waals surface area contributed by atoms with Gasteiger partial charge in [0.25, 0.3) is 0 Å². The lowest BCUT2D eigenvalue weighted by Gasteiger charge is -2.27. The molecule has 0 spiro atoms. The van der Waals surface area contributed by atoms with Crippen LogP contribution >= 0.6 is 0 Å². The number of carboxylic acids is 1. The summed E-state index contributed by atoms with van der Waals surface area (Å²) in [7, 11) is 0. The summed E-state index contributed by atoms with van der Waals surface area (Å²) in [6.07, 6.45) is -0.999. The van der Waals surface area contributed by atoms with Crippen molar-refractivity contribution in [3.8, 4) is 0 Å². The van der Waals surface area contributed by atoms with E-state index in [4.69, 9.17) is 5.73 Å². The first kappa shape index (κ1) is 27.1. The number of aliphatic hydroxyl groups is 1. The van der Waals surface area contributed by atoms with Gasteiger partial charge < -0.3 is 31.9 Å². The Bertz CT molecular complexity index is 782. The molecule has 10 nitrogen and oxygen atoms in total. The van der Waals surface area contributed by atoms with E-state index in [1.165, 1.54) is 13.8 Å². The van der Waals surface area contributed by atoms with Crippen molar-refractivity contribution in [2.45, 2.75) is 70.8 Å². The summed E-state index contributed by atoms with van der Waals surface area (Å²) < 4.78 is 0. The molecular formula is C22H34N4O6. The standard InChI is InChI=1S/C22H34N4O6/c1-12(2)10-16(24-19(28)13(3)23)20(29)26-18(14(4)27)21(30)25-17(22(31)32)11-15-8-6-5-7-9-15/h5-9,12-14,16-18,27H,10-11,23H2,1-4H3,(H,24,28)(H,25,30)(H,26,29)(H,31,32). The van der Waals surface area contributed by atoms with Crippen LogP contribution in [0.3, 0.4) is 0 Å². The molecule has 0 radical (unpaired) electrons. The average Bonchev–Trinajstić information content (AvgIpc) is 2.70. The number of carbonyl (C=O) groups excluding carboxylic acids is 3. The summed E-state index contributed by atoms with van der Waals surface area (Å²) in [5.74, 6) is -3.26. The largest absolute Gasteiger partial charge is 0.480 e. The van der Waals surface area contributed by atoms with Crippen molar-refractivity contribution in [3.63, 3.8) is 0 Å². The summed E-state index contributed by atoms with van der Waals surface area (Å²) >= 11 is 0. The number of aliphatic hydroxyl groups excluding tert-OH is 1. The van der Waals surface area contributed by atoms with Crippen molar-refractivity contribution in [3.05, 3.63) is 35.9 Å². The van der Waals surface area contributed by atoms with E-state index in [0.29, 0.717) is 5.56 Å². The molecule has 5 unspecified atom stereocenters. The molecule has 0 aliphatic carbocycles. The number of carboxylic acid groups (broad SMARTS) is 1. The van der Waals surface area contributed by atoms with Crippen LogP contribution in [0.4, 0.5) is 0 Å². The fourth-order valence-corrected chi connectivity index (χ4v) is 2.98. The maximum absolute atomic E-state index is 12.8. The zero-order valence-corrected chi connectivity index (χ0v) is 18.9. The predicted molar refractivity (Wildman–Crippen MR) is 118 cm³/mol. The second kappa shape index (κ2) is 12.8. The van der Waals surface area contributed by atoms with Gasteiger partial charge in [-0.1, -0.05) is 44.2 Å². The molecule has 1 aromatic rings. The molecule has 0 aliphatic heterocycles. The van der Waals surface area contributed by atoms with E-state index < -0.39 is 54.0 Å². The molecule has 0 aliphatic rings. The van der Waals surface area contributed by atoms with Gasteiger partial charge in [-0.2, -0.15) is 0 Å². The Morgan fingerprint density at radius 2 is 1.44 bits per heavy atom. The first-order valence-electron chi connectivity index (χ1n) is 10.5. The average molecular weight is 451 g/mol. The lowest BCUT2D eigenvalue weighted by Crippen LogP contribution is -2.60. The molecule has 1 aromatic carbocycles. The van der Waals surface area contributed by atoms with Crippen molar-refractivity contribution in [1.82, 2.24) is 16.0 Å². The quantitative estimate of drug-likeness (QED) is 0.250. The molecule has 0 saturated heterocycles. The molecule has 0 bridgehead atoms. The first-order valence-corrected chi connectivity index (χ1v) is 10.5. The smallest absolute Gasteiger partial charge is 0.326 e. The molecule has 0 aromatic heterocycles. The second-order valence-electron chi connectivity index (χ2n) is 8.30. The summed E-state index contributed by atoms with van der Waals surface area (Å²) in [6, 6.07) is 4.27. The summed E-state index contributed by atoms with van der Waals surface area (Å²) in [5, 5.41) is 26.9. The number of nitrogens with one attached hydrogen (secondary N) is 3. The minimum Gasteiger partial charge on any atom is -0.480 e. The van der Waals surface area contributed by atoms with Crippen LogP contribution in [-0.4, -0.2) is 64.2 Å². The van der Waals surface area contributed by atoms with Gasteiger partial charge >= 0.3 is 5.97 Å². The van der Waals surface area contributed by atoms with E-state index >= 15 is 0 Å². The van der Waals surface area contributed by atoms with Crippen LogP contribution in [0.1, 0.15) is 39.7 Å². The normalized spacial score (nSPS) is 15.7. The van der Waals surface area contributed by atoms with Crippen molar-refractivity contribution in [2.75, 3.05) is 0 Å². The van der Waals surface area contributed by atoms with E-state index in [9.17, 15) is 29.4 Å². The molecule has 10 heteroatoms. The number of rotatable bonds is 12. The van der Waals surface area contributed by atoms with E-state index in [1.54, 1.807) is 30.3 Å². The van der Waals surface area contributed by atoms with Crippen LogP contribution in [0.15, 0.2) is 30.3 Å². The molecule has 0 fully saturated rings. The van der Waals surface area contributed by atoms with Crippen molar-refractivity contribution >= 4 is 23.7 Å². The monoisotopic (exact) mass is 450 g/mol. The van der Waals surface area contributed by atoms with E-state index in [-0.39, 0.29) is 18.8 Å². The lowest BCUT2D eigenvalue weighted by atomic mass is 10.0. The van der Waals surface area contributed by atoms with Gasteiger partial charge in [0.15, 0.2) is 0 Å². The van der Waals surface area contributed by atoms with Crippen LogP contribution in [-0.2, 0) is 25.6 Å². The number of carbonyl (C=O) groups is 4. The second-order valence-corrected chi connectivity index (χ2v) is 8.30. The molecule has 3 amide bonds. The maximum Gasteiger partial charge on any atom is 0.326 e. The highest BCUT2D eigenvalue weighted by Gasteiger charge is 2.32. The fraction of sp³-hybridized carbons (Fsp3) is 0.545. The number of benzene rings is 1. The zero-order valence-electron chi connectivity index (χ0n) is 18.9. The van der Waals surface area contributed by atoms with Crippen LogP contribution < -0.4 is 21.7 Å². The molecule has 1 rings (SSSR count). The van der Waals surface area contributed by atoms with Gasteiger partial charge in [0.2, 0.25) is 17.7 Å². The molecular weight excluding hydrogens is 416 g/mol. The summed E-state index contributed by atoms with van der Waals surface area (Å²) in [5.41, 5.74) is 6.26. The van der Waals surface area contributed by atoms with Crippen LogP contribution in [0.2, 0.25) is 0 Å². The van der Waals surface area contributed by atoms with Gasteiger partial charge in [0.05, 0.1) is 12.1 Å². The number of hydrogen-bond acceptors (Lipinski definition) is 6. The molecule has 178 valence electrons. The number of nitrogens with two attached hydrogens (primary N) is 1. The summed E-state index contributed by atoms with van der Waals surface area (Å²) in [4.78, 5) is 49.2. The zero-order chi connectivity index (χ0) is 24.4. The molecule has 32 heavy (non-hydrogen) atoms. The van der Waals surface area contributed by atoms with Crippen LogP contribution in [0.25, 0.3) is 0 Å². The summed E-state index contributed by atoms with van der Waals surface area (Å²) in [6.45, 7) is 6.50. The Kier molecular flexibility index (Phi) is 10.8. The highest BCUT2D eigenvalue weighted by atomic mass is 16.4. The maximum atomic E-state index is 12.8. The lowest BCUT2D eigenvalue weighted by molar-refractivity contribution is -0.143. The van der Waals surface area contributed by atoms with E-state index in [0.717, 1.165) is 0 Å². The Morgan fingerprint density at radius 3 is 1.91 bits per heavy atom. The van der Waals surface area contributed by atoms with E-state index in [1.807, 2.05) is 13.8 Å². The topological polar surface area (TPSA) is 171 Å². The van der Waals surface area contributed by atoms with Crippen LogP contribution in [0, 0.1) is 5.92 Å². The van der Waals surface area contributed by atoms with Crippen molar-refractivity contribution < 1.29 is 29.4 Å². The molecule has 5 atom stereocenters. The van der Waals surface area contributed by atoms with Gasteiger partial charge in [-0.15, -0.1) is 0 Å². The van der Waals surface area contributed by atoms with Gasteiger partial charge in [-0.05, 0) is 31.7 Å². The Hall–Kier alpha value is -2.98. The first-order chi connectivity index (χ1) is 14.9. The molecule has 0 heterocycles. The Balaban J connectivity index is 2.94. The highest BCUT2D eigenvalue weighted by molar-refractivity contribution is 5.94. The SMILES string of the molecule is CC(C)CC(NC(=O)C(C)N)C(=O)NC(C(=O)NC(Cc1ccccc1)C(=O)O)C(C)O. The third-order valence-electron chi connectivity index (χ3n) is 4.71. The third kappa shape index (κ3) is 9.03. The van der Waals surface area contributed by atoms with Gasteiger partial charge in [0.1, 0.15) is 18.1 Å². The van der Waals surface area contributed by atoms with Gasteiger partial charge in [-0.3, -0.25) is 14.4 Å². The van der Waals surface area contributed by atoms with Crippen molar-refractivity contribution in [1.29, 1.82) is 0 Å². The van der Waals surface area contributed by atoms with Crippen LogP contribution in [0.5, 0.6) is 0 Å². The molecule has 7 N–H and O–H groups in total. The van der Waals surface area contributed by atoms with Crippen molar-refractivity contribution in [2.24, 2.45) is 11.7 Å². The minimum absolute atomic E-state index is 0.0306. The fourth-order valence-electron chi connectivity index (χ4n) is 2.98. The van der Waals surface area contributed by atoms with E-state index in [2.05, 4.69) is 16.0 Å². The highest BCUT2D eigenvalue weighted by Crippen LogP contribution is 2.08. The number of hydrogen-bond donors (Lipinski definition) is 6.